The average Bonchev–Trinajstić information content (AvgIpc) is 2.85. The number of aromatic amines is 1. The summed E-state index contributed by atoms with van der Waals surface area (Å²) in [5.74, 6) is 0.149. The van der Waals surface area contributed by atoms with E-state index in [2.05, 4.69) is 30.2 Å². The largest absolute Gasteiger partial charge is 0.358 e. The molecule has 0 radical (unpaired) electrons. The molecule has 0 aliphatic carbocycles. The normalized spacial score (nSPS) is 11.0. The first-order chi connectivity index (χ1) is 10.6. The van der Waals surface area contributed by atoms with E-state index in [0.29, 0.717) is 6.54 Å². The van der Waals surface area contributed by atoms with Crippen LogP contribution in [0.5, 0.6) is 0 Å². The van der Waals surface area contributed by atoms with Crippen LogP contribution in [0.3, 0.4) is 0 Å². The minimum Gasteiger partial charge on any atom is -0.358 e. The number of para-hydroxylation sites is 1. The smallest absolute Gasteiger partial charge is 0.229 e. The maximum Gasteiger partial charge on any atom is 0.229 e. The van der Waals surface area contributed by atoms with Crippen LogP contribution in [0, 0.1) is 13.8 Å². The Kier molecular flexibility index (Phi) is 3.80. The van der Waals surface area contributed by atoms with Crippen LogP contribution in [0.15, 0.2) is 42.6 Å². The number of aryl methyl sites for hydroxylation is 3. The average molecular weight is 293 g/mol. The number of rotatable bonds is 4. The van der Waals surface area contributed by atoms with Gasteiger partial charge in [-0.05, 0) is 25.5 Å². The highest BCUT2D eigenvalue weighted by molar-refractivity contribution is 6.08. The van der Waals surface area contributed by atoms with Gasteiger partial charge in [-0.15, -0.1) is 0 Å². The Morgan fingerprint density at radius 1 is 1.14 bits per heavy atom. The highest BCUT2D eigenvalue weighted by Crippen LogP contribution is 2.22. The molecule has 112 valence electrons. The number of H-pyrrole nitrogens is 1. The van der Waals surface area contributed by atoms with Gasteiger partial charge in [-0.1, -0.05) is 25.1 Å². The van der Waals surface area contributed by atoms with Gasteiger partial charge in [-0.2, -0.15) is 4.57 Å². The standard InChI is InChI=1S/C19H20N2O/c1-4-15-10-9-13(2)21(11-15)12-18(22)19-14(3)20-17-8-6-5-7-16(17)19/h5-11H,4,12H2,1-3H3/p+1. The van der Waals surface area contributed by atoms with Crippen molar-refractivity contribution >= 4 is 16.7 Å². The van der Waals surface area contributed by atoms with Gasteiger partial charge >= 0.3 is 0 Å². The number of hydrogen-bond acceptors (Lipinski definition) is 1. The zero-order valence-electron chi connectivity index (χ0n) is 13.3. The summed E-state index contributed by atoms with van der Waals surface area (Å²) in [4.78, 5) is 16.1. The monoisotopic (exact) mass is 293 g/mol. The number of hydrogen-bond donors (Lipinski definition) is 1. The highest BCUT2D eigenvalue weighted by Gasteiger charge is 2.20. The van der Waals surface area contributed by atoms with E-state index in [0.717, 1.165) is 34.3 Å². The molecule has 3 rings (SSSR count). The SMILES string of the molecule is CCc1ccc(C)[n+](CC(=O)c2c(C)[nH]c3ccccc23)c1. The molecular weight excluding hydrogens is 272 g/mol. The summed E-state index contributed by atoms with van der Waals surface area (Å²) in [6.45, 7) is 6.50. The number of aromatic nitrogens is 2. The molecule has 2 heterocycles. The van der Waals surface area contributed by atoms with Crippen molar-refractivity contribution < 1.29 is 9.36 Å². The predicted octanol–water partition coefficient (Wildman–Crippen LogP) is 3.52. The lowest BCUT2D eigenvalue weighted by atomic mass is 10.1. The minimum atomic E-state index is 0.149. The third-order valence-corrected chi connectivity index (χ3v) is 4.21. The number of carbonyl (C=O) groups is 1. The van der Waals surface area contributed by atoms with E-state index < -0.39 is 0 Å². The highest BCUT2D eigenvalue weighted by atomic mass is 16.1. The fourth-order valence-electron chi connectivity index (χ4n) is 2.92. The van der Waals surface area contributed by atoms with Gasteiger partial charge in [0, 0.05) is 35.2 Å². The number of benzene rings is 1. The van der Waals surface area contributed by atoms with Crippen molar-refractivity contribution in [2.24, 2.45) is 0 Å². The molecule has 0 fully saturated rings. The Morgan fingerprint density at radius 2 is 1.91 bits per heavy atom. The second-order valence-corrected chi connectivity index (χ2v) is 5.75. The summed E-state index contributed by atoms with van der Waals surface area (Å²) in [5, 5.41) is 1.01. The molecule has 0 unspecified atom stereocenters. The first kappa shape index (κ1) is 14.5. The molecule has 3 nitrogen and oxygen atoms in total. The molecule has 0 aliphatic rings. The van der Waals surface area contributed by atoms with Crippen molar-refractivity contribution in [3.8, 4) is 0 Å². The number of Topliss-reactive ketones (excluding diaryl/α,β-unsaturated/α-hetero) is 1. The molecule has 0 saturated carbocycles. The van der Waals surface area contributed by atoms with Crippen molar-refractivity contribution in [3.63, 3.8) is 0 Å². The number of nitrogens with zero attached hydrogens (tertiary/aromatic N) is 1. The predicted molar refractivity (Wildman–Crippen MR) is 88.1 cm³/mol. The summed E-state index contributed by atoms with van der Waals surface area (Å²) < 4.78 is 2.04. The van der Waals surface area contributed by atoms with Crippen molar-refractivity contribution in [1.29, 1.82) is 0 Å². The lowest BCUT2D eigenvalue weighted by Gasteiger charge is -2.03. The van der Waals surface area contributed by atoms with E-state index >= 15 is 0 Å². The van der Waals surface area contributed by atoms with Crippen LogP contribution in [0.1, 0.15) is 34.2 Å². The zero-order chi connectivity index (χ0) is 15.7. The minimum absolute atomic E-state index is 0.149. The summed E-state index contributed by atoms with van der Waals surface area (Å²) in [7, 11) is 0. The van der Waals surface area contributed by atoms with Gasteiger partial charge in [0.25, 0.3) is 0 Å². The van der Waals surface area contributed by atoms with E-state index in [1.54, 1.807) is 0 Å². The van der Waals surface area contributed by atoms with Crippen molar-refractivity contribution in [1.82, 2.24) is 4.98 Å². The molecule has 3 heteroatoms. The third kappa shape index (κ3) is 2.54. The number of fused-ring (bicyclic) bond motifs is 1. The Morgan fingerprint density at radius 3 is 2.68 bits per heavy atom. The lowest BCUT2D eigenvalue weighted by Crippen LogP contribution is -2.41. The van der Waals surface area contributed by atoms with Gasteiger partial charge in [0.2, 0.25) is 12.3 Å². The summed E-state index contributed by atoms with van der Waals surface area (Å²) in [5.41, 5.74) is 5.12. The molecule has 2 aromatic heterocycles. The van der Waals surface area contributed by atoms with Gasteiger partial charge < -0.3 is 4.98 Å². The van der Waals surface area contributed by atoms with E-state index in [1.807, 2.05) is 42.7 Å². The molecule has 0 atom stereocenters. The maximum absolute atomic E-state index is 12.8. The van der Waals surface area contributed by atoms with Crippen LogP contribution >= 0.6 is 0 Å². The molecule has 1 aromatic carbocycles. The number of pyridine rings is 1. The molecule has 3 aromatic rings. The quantitative estimate of drug-likeness (QED) is 0.580. The third-order valence-electron chi connectivity index (χ3n) is 4.21. The van der Waals surface area contributed by atoms with E-state index in [9.17, 15) is 4.79 Å². The fourth-order valence-corrected chi connectivity index (χ4v) is 2.92. The van der Waals surface area contributed by atoms with Crippen LogP contribution in [0.2, 0.25) is 0 Å². The van der Waals surface area contributed by atoms with Crippen molar-refractivity contribution in [3.05, 3.63) is 65.1 Å². The Bertz CT molecular complexity index is 846. The number of nitrogens with one attached hydrogen (secondary N) is 1. The lowest BCUT2D eigenvalue weighted by molar-refractivity contribution is -0.689. The van der Waals surface area contributed by atoms with Crippen LogP contribution in [0.4, 0.5) is 0 Å². The molecule has 1 N–H and O–H groups in total. The Balaban J connectivity index is 1.99. The molecular formula is C19H21N2O+. The van der Waals surface area contributed by atoms with Crippen molar-refractivity contribution in [2.45, 2.75) is 33.7 Å². The summed E-state index contributed by atoms with van der Waals surface area (Å²) in [6, 6.07) is 12.2. The van der Waals surface area contributed by atoms with E-state index in [4.69, 9.17) is 0 Å². The molecule has 0 saturated heterocycles. The van der Waals surface area contributed by atoms with Gasteiger partial charge in [0.05, 0.1) is 5.56 Å². The summed E-state index contributed by atoms with van der Waals surface area (Å²) >= 11 is 0. The molecule has 22 heavy (non-hydrogen) atoms. The van der Waals surface area contributed by atoms with Crippen LogP contribution < -0.4 is 4.57 Å². The number of ketones is 1. The zero-order valence-corrected chi connectivity index (χ0v) is 13.3. The summed E-state index contributed by atoms with van der Waals surface area (Å²) in [6.07, 6.45) is 3.05. The van der Waals surface area contributed by atoms with Gasteiger partial charge in [-0.25, -0.2) is 0 Å². The maximum atomic E-state index is 12.8. The topological polar surface area (TPSA) is 36.7 Å². The van der Waals surface area contributed by atoms with E-state index in [-0.39, 0.29) is 5.78 Å². The van der Waals surface area contributed by atoms with Crippen LogP contribution in [-0.2, 0) is 13.0 Å². The van der Waals surface area contributed by atoms with E-state index in [1.165, 1.54) is 5.56 Å². The molecule has 0 amide bonds. The molecule has 0 bridgehead atoms. The van der Waals surface area contributed by atoms with Gasteiger partial charge in [-0.3, -0.25) is 4.79 Å². The number of carbonyl (C=O) groups excluding carboxylic acids is 1. The second kappa shape index (κ2) is 5.76. The van der Waals surface area contributed by atoms with Crippen LogP contribution in [0.25, 0.3) is 10.9 Å². The van der Waals surface area contributed by atoms with Gasteiger partial charge in [0.15, 0.2) is 11.9 Å². The molecule has 0 spiro atoms. The van der Waals surface area contributed by atoms with Crippen molar-refractivity contribution in [2.75, 3.05) is 0 Å². The second-order valence-electron chi connectivity index (χ2n) is 5.75. The first-order valence-electron chi connectivity index (χ1n) is 7.69. The van der Waals surface area contributed by atoms with Gasteiger partial charge in [0.1, 0.15) is 0 Å². The molecule has 0 aliphatic heterocycles. The van der Waals surface area contributed by atoms with Crippen LogP contribution in [-0.4, -0.2) is 10.8 Å². The Labute approximate surface area is 130 Å². The Hall–Kier alpha value is -2.42. The first-order valence-corrected chi connectivity index (χ1v) is 7.69. The fraction of sp³-hybridized carbons (Fsp3) is 0.263.